The number of fused-ring (bicyclic) bond motifs is 1. The molecule has 0 bridgehead atoms. The third kappa shape index (κ3) is 5.40. The smallest absolute Gasteiger partial charge is 0.403 e. The Bertz CT molecular complexity index is 1010. The van der Waals surface area contributed by atoms with Crippen LogP contribution in [0.3, 0.4) is 0 Å². The lowest BCUT2D eigenvalue weighted by Crippen LogP contribution is -2.04. The highest BCUT2D eigenvalue weighted by Crippen LogP contribution is 2.34. The lowest BCUT2D eigenvalue weighted by atomic mass is 9.96. The lowest BCUT2D eigenvalue weighted by molar-refractivity contribution is 0.181. The highest BCUT2D eigenvalue weighted by molar-refractivity contribution is 6.61. The number of nitrogens with zero attached hydrogens (tertiary/aromatic N) is 4. The van der Waals surface area contributed by atoms with Gasteiger partial charge in [-0.25, -0.2) is 14.5 Å². The number of methoxy groups -OCH3 is 2. The average molecular weight is 417 g/mol. The Balaban J connectivity index is 0.000000537. The van der Waals surface area contributed by atoms with Gasteiger partial charge in [-0.15, -0.1) is 0 Å². The molecule has 7 nitrogen and oxygen atoms in total. The summed E-state index contributed by atoms with van der Waals surface area (Å²) in [5.41, 5.74) is 5.40. The van der Waals surface area contributed by atoms with Crippen LogP contribution in [-0.4, -0.2) is 39.4 Å². The van der Waals surface area contributed by atoms with Crippen molar-refractivity contribution in [1.29, 1.82) is 0 Å². The molecule has 0 saturated heterocycles. The number of pyridine rings is 2. The van der Waals surface area contributed by atoms with E-state index >= 15 is 0 Å². The fourth-order valence-electron chi connectivity index (χ4n) is 2.98. The van der Waals surface area contributed by atoms with Gasteiger partial charge in [0.2, 0.25) is 0 Å². The molecule has 3 rings (SSSR count). The molecule has 154 valence electrons. The zero-order valence-corrected chi connectivity index (χ0v) is 18.0. The molecule has 0 atom stereocenters. The lowest BCUT2D eigenvalue weighted by Gasteiger charge is -2.14. The molecule has 0 aliphatic rings. The second-order valence-corrected chi connectivity index (χ2v) is 6.48. The van der Waals surface area contributed by atoms with Crippen LogP contribution in [0.25, 0.3) is 28.2 Å². The molecule has 29 heavy (non-hydrogen) atoms. The number of aryl methyl sites for hydroxylation is 2. The SMILES string of the molecule is C/C=C/c1c(COC)nc2c(cnn2CC)c1-c1cncc(C)c1.COC(=O)Cl. The maximum atomic E-state index is 9.36. The summed E-state index contributed by atoms with van der Waals surface area (Å²) < 4.78 is 11.2. The number of carbonyl (C=O) groups is 1. The van der Waals surface area contributed by atoms with Gasteiger partial charge in [0.05, 0.1) is 25.6 Å². The fraction of sp³-hybridized carbons (Fsp3) is 0.333. The van der Waals surface area contributed by atoms with Crippen molar-refractivity contribution in [3.63, 3.8) is 0 Å². The summed E-state index contributed by atoms with van der Waals surface area (Å²) in [5.74, 6) is 0. The summed E-state index contributed by atoms with van der Waals surface area (Å²) in [4.78, 5) is 18.6. The molecule has 0 radical (unpaired) electrons. The molecule has 3 aromatic heterocycles. The van der Waals surface area contributed by atoms with Crippen LogP contribution in [-0.2, 0) is 22.6 Å². The van der Waals surface area contributed by atoms with Crippen LogP contribution in [0.15, 0.2) is 30.7 Å². The second-order valence-electron chi connectivity index (χ2n) is 6.17. The molecule has 3 aromatic rings. The normalized spacial score (nSPS) is 10.8. The molecule has 0 unspecified atom stereocenters. The van der Waals surface area contributed by atoms with E-state index in [2.05, 4.69) is 52.4 Å². The first kappa shape index (κ1) is 22.5. The summed E-state index contributed by atoms with van der Waals surface area (Å²) in [6.45, 7) is 7.36. The minimum Gasteiger partial charge on any atom is -0.457 e. The van der Waals surface area contributed by atoms with Gasteiger partial charge in [-0.05, 0) is 32.4 Å². The molecule has 3 heterocycles. The number of ether oxygens (including phenoxy) is 2. The summed E-state index contributed by atoms with van der Waals surface area (Å²) >= 11 is 4.60. The van der Waals surface area contributed by atoms with Crippen molar-refractivity contribution in [1.82, 2.24) is 19.7 Å². The van der Waals surface area contributed by atoms with Crippen LogP contribution in [0.1, 0.15) is 30.7 Å². The minimum atomic E-state index is -0.773. The fourth-order valence-corrected chi connectivity index (χ4v) is 2.98. The second kappa shape index (κ2) is 10.7. The van der Waals surface area contributed by atoms with Crippen molar-refractivity contribution < 1.29 is 14.3 Å². The molecule has 0 aliphatic heterocycles. The Morgan fingerprint density at radius 1 is 1.28 bits per heavy atom. The van der Waals surface area contributed by atoms with Crippen LogP contribution in [0.5, 0.6) is 0 Å². The van der Waals surface area contributed by atoms with Crippen molar-refractivity contribution >= 4 is 34.1 Å². The van der Waals surface area contributed by atoms with Gasteiger partial charge in [0.1, 0.15) is 0 Å². The number of allylic oxidation sites excluding steroid dienone is 1. The number of hydrogen-bond acceptors (Lipinski definition) is 6. The van der Waals surface area contributed by atoms with E-state index in [4.69, 9.17) is 9.72 Å². The Hall–Kier alpha value is -2.77. The van der Waals surface area contributed by atoms with Gasteiger partial charge in [-0.1, -0.05) is 12.2 Å². The van der Waals surface area contributed by atoms with E-state index in [1.807, 2.05) is 36.3 Å². The molecule has 0 aromatic carbocycles. The maximum Gasteiger partial charge on any atom is 0.403 e. The van der Waals surface area contributed by atoms with E-state index < -0.39 is 5.43 Å². The van der Waals surface area contributed by atoms with Crippen LogP contribution in [0.2, 0.25) is 0 Å². The summed E-state index contributed by atoms with van der Waals surface area (Å²) in [7, 11) is 2.91. The largest absolute Gasteiger partial charge is 0.457 e. The van der Waals surface area contributed by atoms with Gasteiger partial charge in [0.15, 0.2) is 5.65 Å². The minimum absolute atomic E-state index is 0.455. The maximum absolute atomic E-state index is 9.36. The van der Waals surface area contributed by atoms with E-state index in [1.54, 1.807) is 7.11 Å². The summed E-state index contributed by atoms with van der Waals surface area (Å²) in [6.07, 6.45) is 9.77. The molecule has 8 heteroatoms. The predicted molar refractivity (Wildman–Crippen MR) is 115 cm³/mol. The van der Waals surface area contributed by atoms with E-state index in [0.717, 1.165) is 45.5 Å². The molecule has 0 fully saturated rings. The van der Waals surface area contributed by atoms with E-state index in [9.17, 15) is 4.79 Å². The molecule has 0 aliphatic carbocycles. The molecular formula is C21H25ClN4O3. The van der Waals surface area contributed by atoms with Crippen molar-refractivity contribution in [3.8, 4) is 11.1 Å². The van der Waals surface area contributed by atoms with Crippen LogP contribution >= 0.6 is 11.6 Å². The predicted octanol–water partition coefficient (Wildman–Crippen LogP) is 4.99. The third-order valence-electron chi connectivity index (χ3n) is 4.14. The summed E-state index contributed by atoms with van der Waals surface area (Å²) in [6, 6.07) is 2.15. The van der Waals surface area contributed by atoms with Crippen molar-refractivity contribution in [2.75, 3.05) is 14.2 Å². The molecule has 0 spiro atoms. The monoisotopic (exact) mass is 416 g/mol. The average Bonchev–Trinajstić information content (AvgIpc) is 3.11. The van der Waals surface area contributed by atoms with Gasteiger partial charge in [0, 0.05) is 59.7 Å². The van der Waals surface area contributed by atoms with Gasteiger partial charge in [-0.3, -0.25) is 4.98 Å². The zero-order chi connectivity index (χ0) is 21.4. The standard InChI is InChI=1S/C19H22N4O.C2H3ClO2/c1-5-7-15-17(12-24-4)22-19-16(11-21-23(19)6-2)18(15)14-8-13(3)9-20-10-14;1-5-2(3)4/h5,7-11H,6,12H2,1-4H3;1H3/b7-5+;. The number of carbonyl (C=O) groups excluding carboxylic acids is 1. The Kier molecular flexibility index (Phi) is 8.30. The molecule has 0 saturated carbocycles. The first-order chi connectivity index (χ1) is 14.0. The van der Waals surface area contributed by atoms with Crippen LogP contribution in [0, 0.1) is 6.92 Å². The highest BCUT2D eigenvalue weighted by atomic mass is 35.5. The van der Waals surface area contributed by atoms with E-state index in [0.29, 0.717) is 6.61 Å². The topological polar surface area (TPSA) is 79.1 Å². The van der Waals surface area contributed by atoms with Crippen molar-refractivity contribution in [2.24, 2.45) is 0 Å². The molecule has 0 N–H and O–H groups in total. The van der Waals surface area contributed by atoms with E-state index in [1.165, 1.54) is 7.11 Å². The van der Waals surface area contributed by atoms with Crippen molar-refractivity contribution in [2.45, 2.75) is 33.9 Å². The van der Waals surface area contributed by atoms with Crippen LogP contribution < -0.4 is 0 Å². The number of halogens is 1. The first-order valence-corrected chi connectivity index (χ1v) is 9.50. The Morgan fingerprint density at radius 3 is 2.55 bits per heavy atom. The Labute approximate surface area is 175 Å². The first-order valence-electron chi connectivity index (χ1n) is 9.12. The van der Waals surface area contributed by atoms with E-state index in [-0.39, 0.29) is 0 Å². The van der Waals surface area contributed by atoms with Gasteiger partial charge < -0.3 is 9.47 Å². The summed E-state index contributed by atoms with van der Waals surface area (Å²) in [5, 5.41) is 5.53. The van der Waals surface area contributed by atoms with Gasteiger partial charge in [0.25, 0.3) is 0 Å². The third-order valence-corrected chi connectivity index (χ3v) is 4.29. The highest BCUT2D eigenvalue weighted by Gasteiger charge is 2.18. The zero-order valence-electron chi connectivity index (χ0n) is 17.3. The van der Waals surface area contributed by atoms with Crippen LogP contribution in [0.4, 0.5) is 4.79 Å². The number of hydrogen-bond donors (Lipinski definition) is 0. The quantitative estimate of drug-likeness (QED) is 0.545. The number of aromatic nitrogens is 4. The van der Waals surface area contributed by atoms with Gasteiger partial charge >= 0.3 is 5.43 Å². The molecule has 0 amide bonds. The Morgan fingerprint density at radius 2 is 2.00 bits per heavy atom. The van der Waals surface area contributed by atoms with Crippen molar-refractivity contribution in [3.05, 3.63) is 47.6 Å². The molecular weight excluding hydrogens is 392 g/mol. The number of rotatable bonds is 5. The van der Waals surface area contributed by atoms with Gasteiger partial charge in [-0.2, -0.15) is 5.10 Å².